The van der Waals surface area contributed by atoms with Crippen molar-refractivity contribution in [3.8, 4) is 0 Å². The third kappa shape index (κ3) is 4.17. The smallest absolute Gasteiger partial charge is 0.248 e. The molecule has 0 N–H and O–H groups in total. The Morgan fingerprint density at radius 3 is 2.88 bits per heavy atom. The molecule has 2 heterocycles. The molecule has 4 nitrogen and oxygen atoms in total. The van der Waals surface area contributed by atoms with E-state index < -0.39 is 0 Å². The number of amides is 1. The number of carbonyl (C=O) groups is 1. The van der Waals surface area contributed by atoms with Crippen LogP contribution in [0.1, 0.15) is 43.9 Å². The van der Waals surface area contributed by atoms with E-state index in [2.05, 4.69) is 39.0 Å². The summed E-state index contributed by atoms with van der Waals surface area (Å²) in [7, 11) is 0. The summed E-state index contributed by atoms with van der Waals surface area (Å²) in [5.41, 5.74) is 4.11. The van der Waals surface area contributed by atoms with E-state index in [4.69, 9.17) is 9.47 Å². The molecule has 0 aliphatic carbocycles. The van der Waals surface area contributed by atoms with Crippen molar-refractivity contribution in [1.82, 2.24) is 4.90 Å². The zero-order valence-corrected chi connectivity index (χ0v) is 15.1. The lowest BCUT2D eigenvalue weighted by Crippen LogP contribution is -2.38. The van der Waals surface area contributed by atoms with Crippen LogP contribution in [0.2, 0.25) is 0 Å². The molecule has 0 radical (unpaired) electrons. The maximum Gasteiger partial charge on any atom is 0.248 e. The van der Waals surface area contributed by atoms with Gasteiger partial charge in [-0.1, -0.05) is 39.0 Å². The molecule has 0 bridgehead atoms. The molecule has 1 amide bonds. The summed E-state index contributed by atoms with van der Waals surface area (Å²) in [6.07, 6.45) is 1.98. The molecule has 1 aromatic rings. The summed E-state index contributed by atoms with van der Waals surface area (Å²) in [6, 6.07) is 6.73. The number of hydrogen-bond donors (Lipinski definition) is 0. The molecule has 0 saturated carbocycles. The minimum atomic E-state index is 0.0979. The van der Waals surface area contributed by atoms with E-state index in [0.717, 1.165) is 32.6 Å². The molecule has 24 heavy (non-hydrogen) atoms. The first-order valence-electron chi connectivity index (χ1n) is 8.99. The first kappa shape index (κ1) is 17.4. The zero-order chi connectivity index (χ0) is 17.2. The summed E-state index contributed by atoms with van der Waals surface area (Å²) < 4.78 is 11.0. The van der Waals surface area contributed by atoms with Gasteiger partial charge in [-0.3, -0.25) is 4.79 Å². The van der Waals surface area contributed by atoms with E-state index in [0.29, 0.717) is 19.1 Å². The summed E-state index contributed by atoms with van der Waals surface area (Å²) in [5.74, 6) is 0.551. The first-order chi connectivity index (χ1) is 11.4. The highest BCUT2D eigenvalue weighted by atomic mass is 16.5. The van der Waals surface area contributed by atoms with Gasteiger partial charge >= 0.3 is 0 Å². The molecular formula is C20H29NO3. The van der Waals surface area contributed by atoms with E-state index >= 15 is 0 Å². The van der Waals surface area contributed by atoms with E-state index in [-0.39, 0.29) is 17.9 Å². The molecule has 2 aliphatic heterocycles. The highest BCUT2D eigenvalue weighted by molar-refractivity contribution is 5.77. The van der Waals surface area contributed by atoms with Crippen LogP contribution in [0.25, 0.3) is 0 Å². The van der Waals surface area contributed by atoms with Crippen molar-refractivity contribution < 1.29 is 14.3 Å². The maximum absolute atomic E-state index is 12.4. The number of nitrogens with zero attached hydrogens (tertiary/aromatic N) is 1. The fourth-order valence-electron chi connectivity index (χ4n) is 3.36. The molecule has 1 atom stereocenters. The fourth-order valence-corrected chi connectivity index (χ4v) is 3.36. The minimum absolute atomic E-state index is 0.0979. The largest absolute Gasteiger partial charge is 0.381 e. The Balaban J connectivity index is 1.56. The average molecular weight is 331 g/mol. The predicted octanol–water partition coefficient (Wildman–Crippen LogP) is 2.92. The van der Waals surface area contributed by atoms with Crippen LogP contribution in [0, 0.1) is 5.92 Å². The number of rotatable bonds is 4. The van der Waals surface area contributed by atoms with Crippen LogP contribution in [0.15, 0.2) is 18.2 Å². The van der Waals surface area contributed by atoms with Gasteiger partial charge in [0.25, 0.3) is 0 Å². The molecule has 2 aliphatic rings. The minimum Gasteiger partial charge on any atom is -0.381 e. The van der Waals surface area contributed by atoms with Crippen molar-refractivity contribution in [2.75, 3.05) is 33.0 Å². The number of carbonyl (C=O) groups excluding carboxylic acids is 1. The lowest BCUT2D eigenvalue weighted by molar-refractivity contribution is -0.137. The molecular weight excluding hydrogens is 302 g/mol. The van der Waals surface area contributed by atoms with Crippen LogP contribution < -0.4 is 0 Å². The van der Waals surface area contributed by atoms with Crippen molar-refractivity contribution in [3.63, 3.8) is 0 Å². The van der Waals surface area contributed by atoms with Crippen LogP contribution in [-0.2, 0) is 32.6 Å². The van der Waals surface area contributed by atoms with Crippen molar-refractivity contribution in [3.05, 3.63) is 34.9 Å². The SMILES string of the molecule is CC(C)(C)c1ccc2c(c1)CN(C(=O)COCC1CCOC1)CC2. The summed E-state index contributed by atoms with van der Waals surface area (Å²) in [4.78, 5) is 14.4. The summed E-state index contributed by atoms with van der Waals surface area (Å²) >= 11 is 0. The highest BCUT2D eigenvalue weighted by Gasteiger charge is 2.23. The molecule has 4 heteroatoms. The fraction of sp³-hybridized carbons (Fsp3) is 0.650. The monoisotopic (exact) mass is 331 g/mol. The highest BCUT2D eigenvalue weighted by Crippen LogP contribution is 2.27. The Morgan fingerprint density at radius 1 is 1.33 bits per heavy atom. The van der Waals surface area contributed by atoms with Gasteiger partial charge in [-0.2, -0.15) is 0 Å². The number of hydrogen-bond acceptors (Lipinski definition) is 3. The maximum atomic E-state index is 12.4. The van der Waals surface area contributed by atoms with Gasteiger partial charge in [-0.15, -0.1) is 0 Å². The Bertz CT molecular complexity index is 585. The van der Waals surface area contributed by atoms with Gasteiger partial charge in [0, 0.05) is 25.6 Å². The molecule has 0 aromatic heterocycles. The van der Waals surface area contributed by atoms with Gasteiger partial charge in [0.05, 0.1) is 13.2 Å². The Morgan fingerprint density at radius 2 is 2.17 bits per heavy atom. The van der Waals surface area contributed by atoms with Gasteiger partial charge in [-0.25, -0.2) is 0 Å². The van der Waals surface area contributed by atoms with Crippen molar-refractivity contribution in [2.24, 2.45) is 5.92 Å². The van der Waals surface area contributed by atoms with Crippen LogP contribution in [0.5, 0.6) is 0 Å². The second kappa shape index (κ2) is 7.24. The molecule has 1 saturated heterocycles. The van der Waals surface area contributed by atoms with Crippen molar-refractivity contribution in [1.29, 1.82) is 0 Å². The molecule has 1 aromatic carbocycles. The van der Waals surface area contributed by atoms with Gasteiger partial charge in [-0.05, 0) is 34.9 Å². The zero-order valence-electron chi connectivity index (χ0n) is 15.1. The lowest BCUT2D eigenvalue weighted by atomic mass is 9.84. The topological polar surface area (TPSA) is 38.8 Å². The van der Waals surface area contributed by atoms with E-state index in [1.54, 1.807) is 0 Å². The van der Waals surface area contributed by atoms with Gasteiger partial charge in [0.2, 0.25) is 5.91 Å². The number of ether oxygens (including phenoxy) is 2. The Labute approximate surface area is 145 Å². The molecule has 132 valence electrons. The van der Waals surface area contributed by atoms with Crippen molar-refractivity contribution >= 4 is 5.91 Å². The molecule has 1 fully saturated rings. The van der Waals surface area contributed by atoms with Gasteiger partial charge in [0.15, 0.2) is 0 Å². The predicted molar refractivity (Wildman–Crippen MR) is 94.0 cm³/mol. The van der Waals surface area contributed by atoms with Gasteiger partial charge < -0.3 is 14.4 Å². The molecule has 0 spiro atoms. The van der Waals surface area contributed by atoms with Crippen LogP contribution in [0.3, 0.4) is 0 Å². The number of benzene rings is 1. The standard InChI is InChI=1S/C20H29NO3/c1-20(2,3)18-5-4-16-6-8-21(11-17(16)10-18)19(22)14-24-13-15-7-9-23-12-15/h4-5,10,15H,6-9,11-14H2,1-3H3. The average Bonchev–Trinajstić information content (AvgIpc) is 3.06. The van der Waals surface area contributed by atoms with E-state index in [9.17, 15) is 4.79 Å². The third-order valence-electron chi connectivity index (χ3n) is 5.04. The molecule has 3 rings (SSSR count). The molecule has 1 unspecified atom stereocenters. The second-order valence-electron chi connectivity index (χ2n) is 8.04. The van der Waals surface area contributed by atoms with E-state index in [1.165, 1.54) is 16.7 Å². The summed E-state index contributed by atoms with van der Waals surface area (Å²) in [6.45, 7) is 10.6. The van der Waals surface area contributed by atoms with Crippen LogP contribution >= 0.6 is 0 Å². The summed E-state index contributed by atoms with van der Waals surface area (Å²) in [5, 5.41) is 0. The van der Waals surface area contributed by atoms with Crippen LogP contribution in [-0.4, -0.2) is 43.8 Å². The number of fused-ring (bicyclic) bond motifs is 1. The lowest BCUT2D eigenvalue weighted by Gasteiger charge is -2.30. The van der Waals surface area contributed by atoms with Crippen LogP contribution in [0.4, 0.5) is 0 Å². The Kier molecular flexibility index (Phi) is 5.26. The van der Waals surface area contributed by atoms with Gasteiger partial charge in [0.1, 0.15) is 6.61 Å². The quantitative estimate of drug-likeness (QED) is 0.851. The Hall–Kier alpha value is -1.39. The normalized spacial score (nSPS) is 21.0. The van der Waals surface area contributed by atoms with Crippen molar-refractivity contribution in [2.45, 2.75) is 45.6 Å². The van der Waals surface area contributed by atoms with E-state index in [1.807, 2.05) is 4.90 Å². The first-order valence-corrected chi connectivity index (χ1v) is 8.99. The third-order valence-corrected chi connectivity index (χ3v) is 5.04. The second-order valence-corrected chi connectivity index (χ2v) is 8.04.